The second-order valence-electron chi connectivity index (χ2n) is 1.92. The summed E-state index contributed by atoms with van der Waals surface area (Å²) in [6.07, 6.45) is 7.28. The molecule has 0 heterocycles. The summed E-state index contributed by atoms with van der Waals surface area (Å²) in [6.45, 7) is 3.91. The highest BCUT2D eigenvalue weighted by Gasteiger charge is 1.80. The Morgan fingerprint density at radius 1 is 1.56 bits per heavy atom. The van der Waals surface area contributed by atoms with Gasteiger partial charge < -0.3 is 0 Å². The number of rotatable bonds is 3. The van der Waals surface area contributed by atoms with Gasteiger partial charge in [-0.15, -0.1) is 0 Å². The van der Waals surface area contributed by atoms with E-state index in [9.17, 15) is 4.79 Å². The highest BCUT2D eigenvalue weighted by atomic mass is 16.1. The summed E-state index contributed by atoms with van der Waals surface area (Å²) >= 11 is 0. The number of allylic oxidation sites excluding steroid dienone is 4. The molecule has 0 aliphatic carbocycles. The minimum absolute atomic E-state index is 0.818. The second kappa shape index (κ2) is 5.29. The number of hydrogen-bond acceptors (Lipinski definition) is 1. The first kappa shape index (κ1) is 8.15. The van der Waals surface area contributed by atoms with Crippen molar-refractivity contribution in [2.24, 2.45) is 0 Å². The van der Waals surface area contributed by atoms with Crippen LogP contribution >= 0.6 is 0 Å². The molecule has 0 spiro atoms. The first-order valence-corrected chi connectivity index (χ1v) is 3.03. The van der Waals surface area contributed by atoms with Gasteiger partial charge in [0.05, 0.1) is 0 Å². The van der Waals surface area contributed by atoms with Gasteiger partial charge in [-0.3, -0.25) is 4.79 Å². The Labute approximate surface area is 56.1 Å². The van der Waals surface area contributed by atoms with Gasteiger partial charge in [-0.05, 0) is 26.3 Å². The molecule has 50 valence electrons. The van der Waals surface area contributed by atoms with E-state index in [1.54, 1.807) is 6.08 Å². The highest BCUT2D eigenvalue weighted by molar-refractivity contribution is 5.65. The lowest BCUT2D eigenvalue weighted by Gasteiger charge is -1.88. The molecular formula is C8H12O. The molecule has 0 N–H and O–H groups in total. The third-order valence-electron chi connectivity index (χ3n) is 1.03. The Hall–Kier alpha value is -0.850. The highest BCUT2D eigenvalue weighted by Crippen LogP contribution is 1.97. The van der Waals surface area contributed by atoms with E-state index in [0.717, 1.165) is 18.3 Å². The molecule has 0 radical (unpaired) electrons. The third-order valence-corrected chi connectivity index (χ3v) is 1.03. The van der Waals surface area contributed by atoms with Crippen molar-refractivity contribution in [1.82, 2.24) is 0 Å². The van der Waals surface area contributed by atoms with Gasteiger partial charge >= 0.3 is 0 Å². The van der Waals surface area contributed by atoms with Gasteiger partial charge in [0.2, 0.25) is 0 Å². The van der Waals surface area contributed by atoms with E-state index in [2.05, 4.69) is 0 Å². The fourth-order valence-corrected chi connectivity index (χ4v) is 0.488. The van der Waals surface area contributed by atoms with Crippen LogP contribution in [0.2, 0.25) is 0 Å². The van der Waals surface area contributed by atoms with Crippen LogP contribution in [-0.2, 0) is 4.79 Å². The maximum Gasteiger partial charge on any atom is 0.142 e. The Balaban J connectivity index is 3.61. The smallest absolute Gasteiger partial charge is 0.142 e. The van der Waals surface area contributed by atoms with Crippen molar-refractivity contribution < 1.29 is 4.79 Å². The minimum atomic E-state index is 0.818. The van der Waals surface area contributed by atoms with Gasteiger partial charge in [0.15, 0.2) is 0 Å². The van der Waals surface area contributed by atoms with Crippen molar-refractivity contribution in [1.29, 1.82) is 0 Å². The number of carbonyl (C=O) groups is 1. The average molecular weight is 124 g/mol. The number of aldehydes is 1. The van der Waals surface area contributed by atoms with Gasteiger partial charge in [-0.1, -0.05) is 17.7 Å². The molecule has 0 unspecified atom stereocenters. The zero-order valence-corrected chi connectivity index (χ0v) is 5.92. The Bertz CT molecular complexity index is 132. The largest absolute Gasteiger partial charge is 0.299 e. The predicted octanol–water partition coefficient (Wildman–Crippen LogP) is 2.10. The van der Waals surface area contributed by atoms with Gasteiger partial charge in [0, 0.05) is 0 Å². The van der Waals surface area contributed by atoms with E-state index < -0.39 is 0 Å². The molecule has 0 bridgehead atoms. The maximum atomic E-state index is 9.88. The SMILES string of the molecule is C/C=C/C/C(C)=C\C=O. The summed E-state index contributed by atoms with van der Waals surface area (Å²) in [5.41, 5.74) is 1.10. The second-order valence-corrected chi connectivity index (χ2v) is 1.92. The molecule has 9 heavy (non-hydrogen) atoms. The molecule has 0 saturated carbocycles. The van der Waals surface area contributed by atoms with Crippen LogP contribution in [0.1, 0.15) is 20.3 Å². The summed E-state index contributed by atoms with van der Waals surface area (Å²) in [4.78, 5) is 9.88. The Morgan fingerprint density at radius 3 is 2.67 bits per heavy atom. The summed E-state index contributed by atoms with van der Waals surface area (Å²) in [5.74, 6) is 0. The van der Waals surface area contributed by atoms with E-state index in [1.165, 1.54) is 0 Å². The van der Waals surface area contributed by atoms with Crippen molar-refractivity contribution >= 4 is 6.29 Å². The van der Waals surface area contributed by atoms with Crippen molar-refractivity contribution in [3.8, 4) is 0 Å². The lowest BCUT2D eigenvalue weighted by atomic mass is 10.2. The van der Waals surface area contributed by atoms with Crippen LogP contribution in [0.3, 0.4) is 0 Å². The Kier molecular flexibility index (Phi) is 4.79. The standard InChI is InChI=1S/C8H12O/c1-3-4-5-8(2)6-7-9/h3-4,6-7H,5H2,1-2H3/b4-3+,8-6-. The van der Waals surface area contributed by atoms with Crippen LogP contribution in [0.15, 0.2) is 23.8 Å². The monoisotopic (exact) mass is 124 g/mol. The van der Waals surface area contributed by atoms with Crippen LogP contribution in [0.25, 0.3) is 0 Å². The summed E-state index contributed by atoms with van der Waals surface area (Å²) < 4.78 is 0. The van der Waals surface area contributed by atoms with Crippen molar-refractivity contribution in [3.05, 3.63) is 23.8 Å². The number of carbonyl (C=O) groups excluding carboxylic acids is 1. The molecule has 0 aromatic heterocycles. The quantitative estimate of drug-likeness (QED) is 0.320. The summed E-state index contributed by atoms with van der Waals surface area (Å²) in [6, 6.07) is 0. The predicted molar refractivity (Wildman–Crippen MR) is 39.3 cm³/mol. The van der Waals surface area contributed by atoms with E-state index >= 15 is 0 Å². The van der Waals surface area contributed by atoms with E-state index in [0.29, 0.717) is 0 Å². The lowest BCUT2D eigenvalue weighted by molar-refractivity contribution is -0.104. The Morgan fingerprint density at radius 2 is 2.22 bits per heavy atom. The van der Waals surface area contributed by atoms with Gasteiger partial charge in [-0.25, -0.2) is 0 Å². The maximum absolute atomic E-state index is 9.88. The van der Waals surface area contributed by atoms with Crippen molar-refractivity contribution in [3.63, 3.8) is 0 Å². The zero-order valence-electron chi connectivity index (χ0n) is 5.92. The minimum Gasteiger partial charge on any atom is -0.299 e. The molecule has 0 aliphatic heterocycles. The van der Waals surface area contributed by atoms with Crippen LogP contribution in [-0.4, -0.2) is 6.29 Å². The first-order chi connectivity index (χ1) is 4.31. The fourth-order valence-electron chi connectivity index (χ4n) is 0.488. The first-order valence-electron chi connectivity index (χ1n) is 3.03. The number of hydrogen-bond donors (Lipinski definition) is 0. The summed E-state index contributed by atoms with van der Waals surface area (Å²) in [7, 11) is 0. The van der Waals surface area contributed by atoms with Crippen molar-refractivity contribution in [2.75, 3.05) is 0 Å². The average Bonchev–Trinajstić information content (AvgIpc) is 1.85. The van der Waals surface area contributed by atoms with Gasteiger partial charge in [0.1, 0.15) is 6.29 Å². The molecule has 1 nitrogen and oxygen atoms in total. The molecule has 0 fully saturated rings. The van der Waals surface area contributed by atoms with Gasteiger partial charge in [0.25, 0.3) is 0 Å². The van der Waals surface area contributed by atoms with Crippen LogP contribution in [0.4, 0.5) is 0 Å². The fraction of sp³-hybridized carbons (Fsp3) is 0.375. The van der Waals surface area contributed by atoms with E-state index in [4.69, 9.17) is 0 Å². The molecule has 0 rings (SSSR count). The lowest BCUT2D eigenvalue weighted by Crippen LogP contribution is -1.72. The normalized spacial score (nSPS) is 12.4. The van der Waals surface area contributed by atoms with Crippen LogP contribution in [0.5, 0.6) is 0 Å². The molecule has 0 aromatic carbocycles. The van der Waals surface area contributed by atoms with E-state index in [-0.39, 0.29) is 0 Å². The summed E-state index contributed by atoms with van der Waals surface area (Å²) in [5, 5.41) is 0. The molecule has 0 aliphatic rings. The molecule has 0 amide bonds. The van der Waals surface area contributed by atoms with Gasteiger partial charge in [-0.2, -0.15) is 0 Å². The van der Waals surface area contributed by atoms with Crippen LogP contribution < -0.4 is 0 Å². The molecule has 0 atom stereocenters. The molecule has 0 saturated heterocycles. The molecular weight excluding hydrogens is 112 g/mol. The molecule has 1 heteroatoms. The van der Waals surface area contributed by atoms with E-state index in [1.807, 2.05) is 26.0 Å². The molecule has 0 aromatic rings. The third kappa shape index (κ3) is 5.01. The van der Waals surface area contributed by atoms with Crippen molar-refractivity contribution in [2.45, 2.75) is 20.3 Å². The van der Waals surface area contributed by atoms with Crippen LogP contribution in [0, 0.1) is 0 Å². The zero-order chi connectivity index (χ0) is 7.11. The topological polar surface area (TPSA) is 17.1 Å².